The quantitative estimate of drug-likeness (QED) is 0.583. The van der Waals surface area contributed by atoms with E-state index in [9.17, 15) is 0 Å². The van der Waals surface area contributed by atoms with E-state index in [1.807, 2.05) is 6.08 Å². The molecule has 2 heteroatoms. The Balaban J connectivity index is 3.84. The third kappa shape index (κ3) is 11.9. The molecule has 0 saturated heterocycles. The maximum atomic E-state index is 8.76. The van der Waals surface area contributed by atoms with Gasteiger partial charge in [-0.05, 0) is 59.3 Å². The van der Waals surface area contributed by atoms with E-state index in [0.29, 0.717) is 0 Å². The fourth-order valence-corrected chi connectivity index (χ4v) is 1.91. The molecule has 0 amide bonds. The number of rotatable bonds is 10. The summed E-state index contributed by atoms with van der Waals surface area (Å²) in [6.45, 7) is 6.81. The first-order chi connectivity index (χ1) is 9.10. The minimum Gasteiger partial charge on any atom is -0.396 e. The largest absolute Gasteiger partial charge is 0.396 e. The summed E-state index contributed by atoms with van der Waals surface area (Å²) < 4.78 is 0. The van der Waals surface area contributed by atoms with Gasteiger partial charge in [-0.2, -0.15) is 0 Å². The Bertz CT molecular complexity index is 311. The van der Waals surface area contributed by atoms with E-state index in [-0.39, 0.29) is 13.2 Å². The maximum Gasteiger partial charge on any atom is 0.0614 e. The predicted molar refractivity (Wildman–Crippen MR) is 83.1 cm³/mol. The van der Waals surface area contributed by atoms with Crippen molar-refractivity contribution in [3.63, 3.8) is 0 Å². The number of aliphatic hydroxyl groups excluding tert-OH is 2. The summed E-state index contributed by atoms with van der Waals surface area (Å²) in [6, 6.07) is 0. The molecule has 0 aromatic rings. The van der Waals surface area contributed by atoms with E-state index in [1.165, 1.54) is 16.7 Å². The van der Waals surface area contributed by atoms with Gasteiger partial charge in [-0.15, -0.1) is 0 Å². The van der Waals surface area contributed by atoms with Gasteiger partial charge in [0.2, 0.25) is 0 Å². The molecule has 0 rings (SSSR count). The summed E-state index contributed by atoms with van der Waals surface area (Å²) >= 11 is 0. The Morgan fingerprint density at radius 1 is 0.737 bits per heavy atom. The molecule has 0 saturated carbocycles. The highest BCUT2D eigenvalue weighted by molar-refractivity contribution is 5.06. The second-order valence-corrected chi connectivity index (χ2v) is 5.24. The molecule has 0 aromatic heterocycles. The SMILES string of the molecule is CC(=CCO)CCC=C(C)CCC=C(C)CCCO. The lowest BCUT2D eigenvalue weighted by atomic mass is 10.1. The average Bonchev–Trinajstić information content (AvgIpc) is 2.36. The summed E-state index contributed by atoms with van der Waals surface area (Å²) in [4.78, 5) is 0. The van der Waals surface area contributed by atoms with Gasteiger partial charge in [0.15, 0.2) is 0 Å². The zero-order valence-electron chi connectivity index (χ0n) is 12.8. The summed E-state index contributed by atoms with van der Waals surface area (Å²) in [5.74, 6) is 0. The number of allylic oxidation sites excluding steroid dienone is 5. The van der Waals surface area contributed by atoms with Crippen molar-refractivity contribution in [1.82, 2.24) is 0 Å². The van der Waals surface area contributed by atoms with Gasteiger partial charge >= 0.3 is 0 Å². The Morgan fingerprint density at radius 3 is 1.68 bits per heavy atom. The normalized spacial score (nSPS) is 14.1. The minimum atomic E-state index is 0.145. The number of aliphatic hydroxyl groups is 2. The van der Waals surface area contributed by atoms with E-state index in [4.69, 9.17) is 10.2 Å². The Hall–Kier alpha value is -0.860. The highest BCUT2D eigenvalue weighted by Crippen LogP contribution is 2.12. The molecule has 0 bridgehead atoms. The molecule has 110 valence electrons. The van der Waals surface area contributed by atoms with Crippen LogP contribution >= 0.6 is 0 Å². The molecule has 0 heterocycles. The van der Waals surface area contributed by atoms with Crippen LogP contribution in [-0.4, -0.2) is 23.4 Å². The predicted octanol–water partition coefficient (Wildman–Crippen LogP) is 4.15. The van der Waals surface area contributed by atoms with Gasteiger partial charge in [0.05, 0.1) is 6.61 Å². The van der Waals surface area contributed by atoms with E-state index in [0.717, 1.165) is 38.5 Å². The van der Waals surface area contributed by atoms with Crippen LogP contribution in [0, 0.1) is 0 Å². The highest BCUT2D eigenvalue weighted by Gasteiger charge is 1.93. The van der Waals surface area contributed by atoms with Crippen LogP contribution in [0.5, 0.6) is 0 Å². The smallest absolute Gasteiger partial charge is 0.0614 e. The minimum absolute atomic E-state index is 0.145. The molecule has 0 spiro atoms. The van der Waals surface area contributed by atoms with Crippen LogP contribution in [0.3, 0.4) is 0 Å². The number of hydrogen-bond donors (Lipinski definition) is 2. The van der Waals surface area contributed by atoms with Crippen molar-refractivity contribution in [2.75, 3.05) is 13.2 Å². The summed E-state index contributed by atoms with van der Waals surface area (Å²) in [7, 11) is 0. The molecular formula is C17H30O2. The molecule has 0 aromatic carbocycles. The van der Waals surface area contributed by atoms with Gasteiger partial charge in [-0.25, -0.2) is 0 Å². The van der Waals surface area contributed by atoms with Crippen LogP contribution in [0.4, 0.5) is 0 Å². The molecular weight excluding hydrogens is 236 g/mol. The van der Waals surface area contributed by atoms with Gasteiger partial charge in [0, 0.05) is 6.61 Å². The van der Waals surface area contributed by atoms with Gasteiger partial charge < -0.3 is 10.2 Å². The first-order valence-corrected chi connectivity index (χ1v) is 7.28. The molecule has 0 aliphatic rings. The molecule has 0 unspecified atom stereocenters. The van der Waals surface area contributed by atoms with Gasteiger partial charge in [-0.3, -0.25) is 0 Å². The zero-order valence-corrected chi connectivity index (χ0v) is 12.8. The lowest BCUT2D eigenvalue weighted by Gasteiger charge is -2.02. The van der Waals surface area contributed by atoms with E-state index in [2.05, 4.69) is 32.9 Å². The van der Waals surface area contributed by atoms with Crippen LogP contribution in [0.1, 0.15) is 59.3 Å². The molecule has 0 aliphatic carbocycles. The average molecular weight is 266 g/mol. The van der Waals surface area contributed by atoms with E-state index < -0.39 is 0 Å². The van der Waals surface area contributed by atoms with Crippen molar-refractivity contribution >= 4 is 0 Å². The Kier molecular flexibility index (Phi) is 11.6. The lowest BCUT2D eigenvalue weighted by Crippen LogP contribution is -1.85. The zero-order chi connectivity index (χ0) is 14.5. The fraction of sp³-hybridized carbons (Fsp3) is 0.647. The third-order valence-corrected chi connectivity index (χ3v) is 3.23. The first kappa shape index (κ1) is 18.1. The van der Waals surface area contributed by atoms with E-state index in [1.54, 1.807) is 0 Å². The van der Waals surface area contributed by atoms with Crippen LogP contribution in [0.15, 0.2) is 34.9 Å². The lowest BCUT2D eigenvalue weighted by molar-refractivity contribution is 0.288. The topological polar surface area (TPSA) is 40.5 Å². The van der Waals surface area contributed by atoms with Gasteiger partial charge in [0.1, 0.15) is 0 Å². The molecule has 0 aliphatic heterocycles. The van der Waals surface area contributed by atoms with Crippen molar-refractivity contribution in [1.29, 1.82) is 0 Å². The highest BCUT2D eigenvalue weighted by atomic mass is 16.3. The van der Waals surface area contributed by atoms with Crippen molar-refractivity contribution in [2.45, 2.75) is 59.3 Å². The van der Waals surface area contributed by atoms with Crippen molar-refractivity contribution in [2.24, 2.45) is 0 Å². The monoisotopic (exact) mass is 266 g/mol. The maximum absolute atomic E-state index is 8.76. The first-order valence-electron chi connectivity index (χ1n) is 7.28. The molecule has 2 N–H and O–H groups in total. The van der Waals surface area contributed by atoms with Crippen molar-refractivity contribution < 1.29 is 10.2 Å². The number of hydrogen-bond acceptors (Lipinski definition) is 2. The fourth-order valence-electron chi connectivity index (χ4n) is 1.91. The summed E-state index contributed by atoms with van der Waals surface area (Å²) in [6.07, 6.45) is 12.6. The Morgan fingerprint density at radius 2 is 1.21 bits per heavy atom. The molecule has 0 atom stereocenters. The van der Waals surface area contributed by atoms with Gasteiger partial charge in [0.25, 0.3) is 0 Å². The summed E-state index contributed by atoms with van der Waals surface area (Å²) in [5.41, 5.74) is 4.07. The summed E-state index contributed by atoms with van der Waals surface area (Å²) in [5, 5.41) is 17.5. The standard InChI is InChI=1S/C17H30O2/c1-15(8-5-10-17(3)12-14-19)7-4-9-16(2)11-6-13-18/h8-9,12,18-19H,4-7,10-11,13-14H2,1-3H3. The second kappa shape index (κ2) is 12.2. The molecule has 2 nitrogen and oxygen atoms in total. The third-order valence-electron chi connectivity index (χ3n) is 3.23. The molecule has 0 fully saturated rings. The van der Waals surface area contributed by atoms with Gasteiger partial charge in [-0.1, -0.05) is 34.9 Å². The van der Waals surface area contributed by atoms with Crippen molar-refractivity contribution in [3.05, 3.63) is 34.9 Å². The second-order valence-electron chi connectivity index (χ2n) is 5.24. The van der Waals surface area contributed by atoms with Crippen LogP contribution in [-0.2, 0) is 0 Å². The Labute approximate surface area is 118 Å². The molecule has 19 heavy (non-hydrogen) atoms. The van der Waals surface area contributed by atoms with Crippen LogP contribution in [0.2, 0.25) is 0 Å². The molecule has 0 radical (unpaired) electrons. The van der Waals surface area contributed by atoms with Crippen LogP contribution in [0.25, 0.3) is 0 Å². The van der Waals surface area contributed by atoms with Crippen LogP contribution < -0.4 is 0 Å². The van der Waals surface area contributed by atoms with Crippen molar-refractivity contribution in [3.8, 4) is 0 Å². The van der Waals surface area contributed by atoms with E-state index >= 15 is 0 Å².